The minimum absolute atomic E-state index is 0.108. The number of ether oxygens (including phenoxy) is 2. The molecule has 0 radical (unpaired) electrons. The summed E-state index contributed by atoms with van der Waals surface area (Å²) >= 11 is 0. The molecule has 0 saturated carbocycles. The van der Waals surface area contributed by atoms with E-state index in [4.69, 9.17) is 4.74 Å². The third-order valence-electron chi connectivity index (χ3n) is 2.15. The smallest absolute Gasteiger partial charge is 0.325 e. The first-order valence-electron chi connectivity index (χ1n) is 5.92. The predicted octanol–water partition coefficient (Wildman–Crippen LogP) is 1.27. The highest BCUT2D eigenvalue weighted by Gasteiger charge is 2.06. The SMILES string of the molecule is CCOC(=O)CNC(=O)CCOc1ccc(F)cc1. The number of benzene rings is 1. The Morgan fingerprint density at radius 1 is 1.26 bits per heavy atom. The van der Waals surface area contributed by atoms with Crippen molar-refractivity contribution in [3.63, 3.8) is 0 Å². The van der Waals surface area contributed by atoms with E-state index >= 15 is 0 Å². The van der Waals surface area contributed by atoms with Gasteiger partial charge in [-0.3, -0.25) is 9.59 Å². The zero-order valence-corrected chi connectivity index (χ0v) is 10.6. The summed E-state index contributed by atoms with van der Waals surface area (Å²) in [5.41, 5.74) is 0. The third kappa shape index (κ3) is 6.40. The van der Waals surface area contributed by atoms with Crippen LogP contribution in [0.5, 0.6) is 5.75 Å². The maximum atomic E-state index is 12.6. The summed E-state index contributed by atoms with van der Waals surface area (Å²) in [6.07, 6.45) is 0.108. The largest absolute Gasteiger partial charge is 0.493 e. The molecule has 0 aliphatic heterocycles. The fourth-order valence-corrected chi connectivity index (χ4v) is 1.26. The lowest BCUT2D eigenvalue weighted by molar-refractivity contribution is -0.143. The van der Waals surface area contributed by atoms with Crippen LogP contribution in [0.4, 0.5) is 4.39 Å². The van der Waals surface area contributed by atoms with E-state index in [9.17, 15) is 14.0 Å². The Balaban J connectivity index is 2.16. The number of hydrogen-bond donors (Lipinski definition) is 1. The van der Waals surface area contributed by atoms with Gasteiger partial charge >= 0.3 is 5.97 Å². The Labute approximate surface area is 110 Å². The van der Waals surface area contributed by atoms with Crippen LogP contribution in [-0.2, 0) is 14.3 Å². The minimum Gasteiger partial charge on any atom is -0.493 e. The van der Waals surface area contributed by atoms with Crippen LogP contribution in [-0.4, -0.2) is 31.6 Å². The van der Waals surface area contributed by atoms with Crippen molar-refractivity contribution >= 4 is 11.9 Å². The molecule has 104 valence electrons. The number of carbonyl (C=O) groups is 2. The fourth-order valence-electron chi connectivity index (χ4n) is 1.26. The first-order valence-corrected chi connectivity index (χ1v) is 5.92. The molecule has 0 aromatic heterocycles. The van der Waals surface area contributed by atoms with Gasteiger partial charge in [0.15, 0.2) is 0 Å². The average molecular weight is 269 g/mol. The number of esters is 1. The predicted molar refractivity (Wildman–Crippen MR) is 66.2 cm³/mol. The molecular weight excluding hydrogens is 253 g/mol. The summed E-state index contributed by atoms with van der Waals surface area (Å²) in [5.74, 6) is -0.649. The van der Waals surface area contributed by atoms with E-state index in [0.29, 0.717) is 5.75 Å². The number of halogens is 1. The fraction of sp³-hybridized carbons (Fsp3) is 0.385. The van der Waals surface area contributed by atoms with Gasteiger partial charge in [-0.2, -0.15) is 0 Å². The molecule has 1 amide bonds. The first kappa shape index (κ1) is 14.9. The minimum atomic E-state index is -0.477. The van der Waals surface area contributed by atoms with Crippen molar-refractivity contribution in [3.8, 4) is 5.75 Å². The summed E-state index contributed by atoms with van der Waals surface area (Å²) in [7, 11) is 0. The van der Waals surface area contributed by atoms with Crippen LogP contribution in [0.2, 0.25) is 0 Å². The standard InChI is InChI=1S/C13H16FNO4/c1-2-18-13(17)9-15-12(16)7-8-19-11-5-3-10(14)4-6-11/h3-6H,2,7-9H2,1H3,(H,15,16). The third-order valence-corrected chi connectivity index (χ3v) is 2.15. The summed E-state index contributed by atoms with van der Waals surface area (Å²) in [6.45, 7) is 1.97. The molecule has 0 fully saturated rings. The highest BCUT2D eigenvalue weighted by atomic mass is 19.1. The van der Waals surface area contributed by atoms with E-state index < -0.39 is 5.97 Å². The van der Waals surface area contributed by atoms with Crippen molar-refractivity contribution in [2.45, 2.75) is 13.3 Å². The Hall–Kier alpha value is -2.11. The van der Waals surface area contributed by atoms with E-state index in [-0.39, 0.29) is 37.9 Å². The van der Waals surface area contributed by atoms with E-state index in [0.717, 1.165) is 0 Å². The molecular formula is C13H16FNO4. The molecule has 19 heavy (non-hydrogen) atoms. The second kappa shape index (κ2) is 8.07. The quantitative estimate of drug-likeness (QED) is 0.757. The van der Waals surface area contributed by atoms with E-state index in [2.05, 4.69) is 10.1 Å². The molecule has 0 unspecified atom stereocenters. The summed E-state index contributed by atoms with van der Waals surface area (Å²) in [6, 6.07) is 5.50. The average Bonchev–Trinajstić information content (AvgIpc) is 2.39. The van der Waals surface area contributed by atoms with Crippen LogP contribution in [0, 0.1) is 5.82 Å². The number of hydrogen-bond acceptors (Lipinski definition) is 4. The first-order chi connectivity index (χ1) is 9.11. The highest BCUT2D eigenvalue weighted by Crippen LogP contribution is 2.10. The molecule has 0 saturated heterocycles. The van der Waals surface area contributed by atoms with Crippen molar-refractivity contribution in [3.05, 3.63) is 30.1 Å². The number of amides is 1. The second-order valence-electron chi connectivity index (χ2n) is 3.63. The topological polar surface area (TPSA) is 64.6 Å². The van der Waals surface area contributed by atoms with Gasteiger partial charge in [0, 0.05) is 0 Å². The molecule has 0 atom stereocenters. The van der Waals surface area contributed by atoms with Crippen LogP contribution in [0.15, 0.2) is 24.3 Å². The summed E-state index contributed by atoms with van der Waals surface area (Å²) in [5, 5.41) is 2.41. The lowest BCUT2D eigenvalue weighted by Crippen LogP contribution is -2.31. The van der Waals surface area contributed by atoms with Gasteiger partial charge in [0.25, 0.3) is 0 Å². The van der Waals surface area contributed by atoms with E-state index in [1.165, 1.54) is 24.3 Å². The van der Waals surface area contributed by atoms with Crippen molar-refractivity contribution in [1.29, 1.82) is 0 Å². The molecule has 0 heterocycles. The Morgan fingerprint density at radius 3 is 2.58 bits per heavy atom. The molecule has 0 spiro atoms. The van der Waals surface area contributed by atoms with Crippen LogP contribution < -0.4 is 10.1 Å². The van der Waals surface area contributed by atoms with E-state index in [1.54, 1.807) is 6.92 Å². The number of rotatable bonds is 7. The van der Waals surface area contributed by atoms with Gasteiger partial charge in [-0.05, 0) is 31.2 Å². The molecule has 6 heteroatoms. The van der Waals surface area contributed by atoms with Gasteiger partial charge in [-0.1, -0.05) is 0 Å². The normalized spacial score (nSPS) is 9.79. The van der Waals surface area contributed by atoms with Crippen LogP contribution in [0.1, 0.15) is 13.3 Å². The van der Waals surface area contributed by atoms with Gasteiger partial charge in [0.05, 0.1) is 19.6 Å². The molecule has 0 aliphatic carbocycles. The lowest BCUT2D eigenvalue weighted by atomic mass is 10.3. The highest BCUT2D eigenvalue weighted by molar-refractivity contribution is 5.81. The molecule has 0 aliphatic rings. The maximum absolute atomic E-state index is 12.6. The monoisotopic (exact) mass is 269 g/mol. The maximum Gasteiger partial charge on any atom is 0.325 e. The Kier molecular flexibility index (Phi) is 6.35. The van der Waals surface area contributed by atoms with Gasteiger partial charge in [0.1, 0.15) is 18.1 Å². The molecule has 1 rings (SSSR count). The molecule has 5 nitrogen and oxygen atoms in total. The summed E-state index contributed by atoms with van der Waals surface area (Å²) < 4.78 is 22.5. The Morgan fingerprint density at radius 2 is 1.95 bits per heavy atom. The molecule has 0 bridgehead atoms. The van der Waals surface area contributed by atoms with Crippen molar-refractivity contribution < 1.29 is 23.5 Å². The second-order valence-corrected chi connectivity index (χ2v) is 3.63. The zero-order chi connectivity index (χ0) is 14.1. The van der Waals surface area contributed by atoms with Gasteiger partial charge in [0.2, 0.25) is 5.91 Å². The molecule has 1 N–H and O–H groups in total. The van der Waals surface area contributed by atoms with Crippen LogP contribution >= 0.6 is 0 Å². The summed E-state index contributed by atoms with van der Waals surface area (Å²) in [4.78, 5) is 22.3. The van der Waals surface area contributed by atoms with Gasteiger partial charge in [-0.15, -0.1) is 0 Å². The van der Waals surface area contributed by atoms with Gasteiger partial charge < -0.3 is 14.8 Å². The van der Waals surface area contributed by atoms with E-state index in [1.807, 2.05) is 0 Å². The Bertz CT molecular complexity index is 419. The van der Waals surface area contributed by atoms with Gasteiger partial charge in [-0.25, -0.2) is 4.39 Å². The van der Waals surface area contributed by atoms with Crippen LogP contribution in [0.3, 0.4) is 0 Å². The van der Waals surface area contributed by atoms with Crippen LogP contribution in [0.25, 0.3) is 0 Å². The molecule has 1 aromatic carbocycles. The van der Waals surface area contributed by atoms with Crippen molar-refractivity contribution in [1.82, 2.24) is 5.32 Å². The molecule has 1 aromatic rings. The zero-order valence-electron chi connectivity index (χ0n) is 10.6. The van der Waals surface area contributed by atoms with Crippen molar-refractivity contribution in [2.75, 3.05) is 19.8 Å². The number of carbonyl (C=O) groups excluding carboxylic acids is 2. The number of nitrogens with one attached hydrogen (secondary N) is 1. The lowest BCUT2D eigenvalue weighted by Gasteiger charge is -2.07. The van der Waals surface area contributed by atoms with Crippen molar-refractivity contribution in [2.24, 2.45) is 0 Å².